The zero-order valence-corrected chi connectivity index (χ0v) is 10.5. The van der Waals surface area contributed by atoms with E-state index in [1.54, 1.807) is 0 Å². The number of rotatable bonds is 2. The van der Waals surface area contributed by atoms with Crippen molar-refractivity contribution < 1.29 is 22.8 Å². The fourth-order valence-electron chi connectivity index (χ4n) is 2.30. The van der Waals surface area contributed by atoms with E-state index < -0.39 is 29.2 Å². The van der Waals surface area contributed by atoms with Gasteiger partial charge in [0.25, 0.3) is 5.91 Å². The van der Waals surface area contributed by atoms with Crippen molar-refractivity contribution >= 4 is 17.5 Å². The van der Waals surface area contributed by atoms with Gasteiger partial charge in [-0.1, -0.05) is 6.07 Å². The topological polar surface area (TPSA) is 63.4 Å². The number of piperidine rings is 1. The fraction of sp³-hybridized carbons (Fsp3) is 0.385. The lowest BCUT2D eigenvalue weighted by molar-refractivity contribution is -0.137. The number of primary amides is 1. The van der Waals surface area contributed by atoms with Crippen molar-refractivity contribution in [2.75, 3.05) is 11.4 Å². The van der Waals surface area contributed by atoms with Crippen molar-refractivity contribution in [2.24, 2.45) is 5.73 Å². The number of anilines is 1. The number of nitrogens with two attached hydrogens (primary N) is 1. The van der Waals surface area contributed by atoms with Crippen LogP contribution < -0.4 is 10.6 Å². The molecule has 1 saturated heterocycles. The lowest BCUT2D eigenvalue weighted by Crippen LogP contribution is -2.38. The Labute approximate surface area is 113 Å². The molecular formula is C13H13F3N2O2. The molecule has 7 heteroatoms. The molecule has 1 heterocycles. The first-order valence-electron chi connectivity index (χ1n) is 6.12. The van der Waals surface area contributed by atoms with Gasteiger partial charge in [-0.15, -0.1) is 0 Å². The van der Waals surface area contributed by atoms with Crippen molar-refractivity contribution in [3.63, 3.8) is 0 Å². The summed E-state index contributed by atoms with van der Waals surface area (Å²) in [6, 6.07) is 3.17. The van der Waals surface area contributed by atoms with Crippen LogP contribution in [-0.2, 0) is 11.0 Å². The van der Waals surface area contributed by atoms with E-state index in [0.29, 0.717) is 12.8 Å². The molecule has 0 bridgehead atoms. The predicted molar refractivity (Wildman–Crippen MR) is 66.2 cm³/mol. The van der Waals surface area contributed by atoms with Gasteiger partial charge in [-0.2, -0.15) is 13.2 Å². The minimum atomic E-state index is -4.65. The van der Waals surface area contributed by atoms with Crippen LogP contribution in [0, 0.1) is 0 Å². The Morgan fingerprint density at radius 3 is 2.50 bits per heavy atom. The van der Waals surface area contributed by atoms with Gasteiger partial charge in [0.15, 0.2) is 0 Å². The number of nitrogens with zero attached hydrogens (tertiary/aromatic N) is 1. The smallest absolute Gasteiger partial charge is 0.366 e. The molecule has 20 heavy (non-hydrogen) atoms. The van der Waals surface area contributed by atoms with Crippen LogP contribution in [0.3, 0.4) is 0 Å². The summed E-state index contributed by atoms with van der Waals surface area (Å²) in [4.78, 5) is 24.2. The minimum absolute atomic E-state index is 0.159. The molecule has 0 spiro atoms. The second-order valence-electron chi connectivity index (χ2n) is 4.57. The number of carbonyl (C=O) groups is 2. The van der Waals surface area contributed by atoms with Gasteiger partial charge in [0, 0.05) is 13.0 Å². The van der Waals surface area contributed by atoms with Crippen molar-refractivity contribution in [1.29, 1.82) is 0 Å². The van der Waals surface area contributed by atoms with Gasteiger partial charge in [-0.3, -0.25) is 9.59 Å². The van der Waals surface area contributed by atoms with Crippen LogP contribution in [0.4, 0.5) is 18.9 Å². The summed E-state index contributed by atoms with van der Waals surface area (Å²) in [6.45, 7) is 0.159. The third kappa shape index (κ3) is 2.61. The number of para-hydroxylation sites is 1. The zero-order chi connectivity index (χ0) is 14.9. The van der Waals surface area contributed by atoms with Gasteiger partial charge in [-0.25, -0.2) is 0 Å². The Morgan fingerprint density at radius 2 is 1.95 bits per heavy atom. The Kier molecular flexibility index (Phi) is 3.69. The molecule has 108 valence electrons. The molecule has 1 fully saturated rings. The molecule has 1 aromatic carbocycles. The molecule has 0 radical (unpaired) electrons. The molecule has 1 aromatic rings. The summed E-state index contributed by atoms with van der Waals surface area (Å²) in [5.74, 6) is -1.40. The average molecular weight is 286 g/mol. The standard InChI is InChI=1S/C13H13F3N2O2/c14-13(15,16)9-5-3-4-8(12(17)20)11(9)18-7-2-1-6-10(18)19/h3-5H,1-2,6-7H2,(H2,17,20). The molecule has 2 rings (SSSR count). The molecule has 0 unspecified atom stereocenters. The maximum absolute atomic E-state index is 13.1. The molecule has 2 N–H and O–H groups in total. The molecule has 2 amide bonds. The van der Waals surface area contributed by atoms with Crippen LogP contribution in [-0.4, -0.2) is 18.4 Å². The largest absolute Gasteiger partial charge is 0.418 e. The Hall–Kier alpha value is -2.05. The molecule has 0 atom stereocenters. The number of halogens is 3. The number of carbonyl (C=O) groups excluding carboxylic acids is 2. The highest BCUT2D eigenvalue weighted by atomic mass is 19.4. The van der Waals surface area contributed by atoms with E-state index >= 15 is 0 Å². The Bertz CT molecular complexity index is 555. The van der Waals surface area contributed by atoms with Crippen molar-refractivity contribution in [1.82, 2.24) is 0 Å². The predicted octanol–water partition coefficient (Wildman–Crippen LogP) is 2.32. The maximum atomic E-state index is 13.1. The first kappa shape index (κ1) is 14.4. The average Bonchev–Trinajstić information content (AvgIpc) is 2.37. The van der Waals surface area contributed by atoms with Crippen molar-refractivity contribution in [2.45, 2.75) is 25.4 Å². The second-order valence-corrected chi connectivity index (χ2v) is 4.57. The van der Waals surface area contributed by atoms with Crippen LogP contribution in [0.25, 0.3) is 0 Å². The van der Waals surface area contributed by atoms with E-state index in [0.717, 1.165) is 17.0 Å². The van der Waals surface area contributed by atoms with E-state index in [2.05, 4.69) is 0 Å². The summed E-state index contributed by atoms with van der Waals surface area (Å²) >= 11 is 0. The molecule has 0 saturated carbocycles. The zero-order valence-electron chi connectivity index (χ0n) is 10.5. The van der Waals surface area contributed by atoms with Crippen LogP contribution in [0.1, 0.15) is 35.2 Å². The molecule has 0 aliphatic carbocycles. The fourth-order valence-corrected chi connectivity index (χ4v) is 2.30. The number of hydrogen-bond acceptors (Lipinski definition) is 2. The van der Waals surface area contributed by atoms with Crippen LogP contribution >= 0.6 is 0 Å². The van der Waals surface area contributed by atoms with Crippen LogP contribution in [0.15, 0.2) is 18.2 Å². The first-order valence-corrected chi connectivity index (χ1v) is 6.12. The monoisotopic (exact) mass is 286 g/mol. The highest BCUT2D eigenvalue weighted by Crippen LogP contribution is 2.39. The summed E-state index contributed by atoms with van der Waals surface area (Å²) in [5.41, 5.74) is 3.42. The Morgan fingerprint density at radius 1 is 1.25 bits per heavy atom. The van der Waals surface area contributed by atoms with Crippen molar-refractivity contribution in [3.8, 4) is 0 Å². The number of hydrogen-bond donors (Lipinski definition) is 1. The Balaban J connectivity index is 2.63. The summed E-state index contributed by atoms with van der Waals surface area (Å²) < 4.78 is 39.3. The quantitative estimate of drug-likeness (QED) is 0.906. The van der Waals surface area contributed by atoms with E-state index in [9.17, 15) is 22.8 Å². The highest BCUT2D eigenvalue weighted by Gasteiger charge is 2.38. The summed E-state index contributed by atoms with van der Waals surface area (Å²) in [7, 11) is 0. The second kappa shape index (κ2) is 5.15. The molecule has 1 aliphatic heterocycles. The maximum Gasteiger partial charge on any atom is 0.418 e. The number of alkyl halides is 3. The van der Waals surface area contributed by atoms with Gasteiger partial charge in [0.2, 0.25) is 5.91 Å². The van der Waals surface area contributed by atoms with Crippen LogP contribution in [0.2, 0.25) is 0 Å². The summed E-state index contributed by atoms with van der Waals surface area (Å²) in [5, 5.41) is 0. The lowest BCUT2D eigenvalue weighted by Gasteiger charge is -2.30. The molecule has 1 aliphatic rings. The SMILES string of the molecule is NC(=O)c1cccc(C(F)(F)F)c1N1CCCCC1=O. The van der Waals surface area contributed by atoms with Gasteiger partial charge in [0.05, 0.1) is 16.8 Å². The van der Waals surface area contributed by atoms with E-state index in [-0.39, 0.29) is 18.5 Å². The highest BCUT2D eigenvalue weighted by molar-refractivity contribution is 6.05. The van der Waals surface area contributed by atoms with Gasteiger partial charge in [-0.05, 0) is 25.0 Å². The van der Waals surface area contributed by atoms with Gasteiger partial charge in [0.1, 0.15) is 0 Å². The van der Waals surface area contributed by atoms with Gasteiger partial charge < -0.3 is 10.6 Å². The first-order chi connectivity index (χ1) is 9.32. The molecular weight excluding hydrogens is 273 g/mol. The molecule has 4 nitrogen and oxygen atoms in total. The molecule has 0 aromatic heterocycles. The van der Waals surface area contributed by atoms with Crippen molar-refractivity contribution in [3.05, 3.63) is 29.3 Å². The normalized spacial score (nSPS) is 16.4. The summed E-state index contributed by atoms with van der Waals surface area (Å²) in [6.07, 6.45) is -3.26. The van der Waals surface area contributed by atoms with Gasteiger partial charge >= 0.3 is 6.18 Å². The third-order valence-electron chi connectivity index (χ3n) is 3.20. The van der Waals surface area contributed by atoms with Crippen LogP contribution in [0.5, 0.6) is 0 Å². The van der Waals surface area contributed by atoms with E-state index in [1.165, 1.54) is 6.07 Å². The lowest BCUT2D eigenvalue weighted by atomic mass is 10.0. The number of amides is 2. The van der Waals surface area contributed by atoms with E-state index in [1.807, 2.05) is 0 Å². The minimum Gasteiger partial charge on any atom is -0.366 e. The number of benzene rings is 1. The van der Waals surface area contributed by atoms with E-state index in [4.69, 9.17) is 5.73 Å². The third-order valence-corrected chi connectivity index (χ3v) is 3.20.